The zero-order valence-electron chi connectivity index (χ0n) is 21.9. The van der Waals surface area contributed by atoms with Gasteiger partial charge in [-0.2, -0.15) is 4.98 Å². The van der Waals surface area contributed by atoms with Crippen molar-refractivity contribution in [1.29, 1.82) is 0 Å². The molecule has 2 aliphatic heterocycles. The Morgan fingerprint density at radius 2 is 1.85 bits per heavy atom. The van der Waals surface area contributed by atoms with Crippen LogP contribution in [0.15, 0.2) is 42.6 Å². The Labute approximate surface area is 232 Å². The lowest BCUT2D eigenvalue weighted by molar-refractivity contribution is 0.0263. The first-order chi connectivity index (χ1) is 19.0. The molecule has 2 saturated heterocycles. The number of hydrogen-bond acceptors (Lipinski definition) is 9. The number of nitrogens with one attached hydrogen (secondary N) is 4. The molecule has 2 fully saturated rings. The van der Waals surface area contributed by atoms with Crippen LogP contribution in [0.25, 0.3) is 0 Å². The molecule has 3 aromatic rings. The summed E-state index contributed by atoms with van der Waals surface area (Å²) in [5.41, 5.74) is 3.00. The molecule has 4 N–H and O–H groups in total. The minimum absolute atomic E-state index is 0.0731. The summed E-state index contributed by atoms with van der Waals surface area (Å²) in [4.78, 5) is 23.1. The van der Waals surface area contributed by atoms with Gasteiger partial charge in [0, 0.05) is 55.2 Å². The summed E-state index contributed by atoms with van der Waals surface area (Å²) < 4.78 is 17.1. The number of hydrogen-bond donors (Lipinski definition) is 4. The summed E-state index contributed by atoms with van der Waals surface area (Å²) in [6.45, 7) is 3.77. The van der Waals surface area contributed by atoms with E-state index in [2.05, 4.69) is 31.2 Å². The van der Waals surface area contributed by atoms with Crippen molar-refractivity contribution in [3.05, 3.63) is 53.2 Å². The molecule has 206 valence electrons. The number of urea groups is 1. The Balaban J connectivity index is 1.30. The van der Waals surface area contributed by atoms with E-state index < -0.39 is 0 Å². The van der Waals surface area contributed by atoms with Gasteiger partial charge < -0.3 is 40.4 Å². The zero-order valence-corrected chi connectivity index (χ0v) is 22.7. The van der Waals surface area contributed by atoms with Crippen LogP contribution in [-0.2, 0) is 4.74 Å². The van der Waals surface area contributed by atoms with Crippen LogP contribution in [-0.4, -0.2) is 67.9 Å². The zero-order chi connectivity index (χ0) is 27.2. The predicted molar refractivity (Wildman–Crippen MR) is 151 cm³/mol. The van der Waals surface area contributed by atoms with Crippen molar-refractivity contribution in [1.82, 2.24) is 20.2 Å². The highest BCUT2D eigenvalue weighted by Crippen LogP contribution is 2.34. The molecule has 0 bridgehead atoms. The topological polar surface area (TPSA) is 122 Å². The fraction of sp³-hybridized carbons (Fsp3) is 0.370. The van der Waals surface area contributed by atoms with Crippen LogP contribution in [0.5, 0.6) is 11.5 Å². The molecule has 5 rings (SSSR count). The van der Waals surface area contributed by atoms with Crippen LogP contribution in [0.3, 0.4) is 0 Å². The lowest BCUT2D eigenvalue weighted by atomic mass is 10.1. The van der Waals surface area contributed by atoms with Crippen LogP contribution in [0.1, 0.15) is 24.5 Å². The maximum Gasteiger partial charge on any atom is 0.321 e. The van der Waals surface area contributed by atoms with Crippen molar-refractivity contribution in [2.24, 2.45) is 0 Å². The van der Waals surface area contributed by atoms with Crippen LogP contribution >= 0.6 is 11.6 Å². The molecule has 11 nitrogen and oxygen atoms in total. The third kappa shape index (κ3) is 6.44. The van der Waals surface area contributed by atoms with E-state index in [0.717, 1.165) is 50.3 Å². The van der Waals surface area contributed by atoms with Crippen LogP contribution in [0.4, 0.5) is 33.6 Å². The monoisotopic (exact) mass is 553 g/mol. The Bertz CT molecular complexity index is 1310. The summed E-state index contributed by atoms with van der Waals surface area (Å²) in [6, 6.07) is 11.0. The fourth-order valence-electron chi connectivity index (χ4n) is 4.59. The molecule has 12 heteroatoms. The molecule has 2 aromatic carbocycles. The summed E-state index contributed by atoms with van der Waals surface area (Å²) in [5, 5.41) is 13.0. The second-order valence-corrected chi connectivity index (χ2v) is 9.61. The number of aromatic nitrogens is 2. The second kappa shape index (κ2) is 12.4. The van der Waals surface area contributed by atoms with Gasteiger partial charge in [0.1, 0.15) is 16.5 Å². The molecule has 0 spiro atoms. The Morgan fingerprint density at radius 3 is 2.59 bits per heavy atom. The number of rotatable bonds is 8. The quantitative estimate of drug-likeness (QED) is 0.308. The van der Waals surface area contributed by atoms with E-state index in [1.165, 1.54) is 6.20 Å². The highest BCUT2D eigenvalue weighted by Gasteiger charge is 2.21. The van der Waals surface area contributed by atoms with Gasteiger partial charge in [0.25, 0.3) is 0 Å². The Morgan fingerprint density at radius 1 is 1.08 bits per heavy atom. The average molecular weight is 554 g/mol. The molecule has 2 amide bonds. The second-order valence-electron chi connectivity index (χ2n) is 9.20. The van der Waals surface area contributed by atoms with Gasteiger partial charge in [0.15, 0.2) is 5.82 Å². The summed E-state index contributed by atoms with van der Waals surface area (Å²) in [5.74, 6) is 1.98. The minimum atomic E-state index is -0.111. The average Bonchev–Trinajstić information content (AvgIpc) is 3.51. The van der Waals surface area contributed by atoms with E-state index in [1.54, 1.807) is 37.3 Å². The predicted octanol–water partition coefficient (Wildman–Crippen LogP) is 4.92. The lowest BCUT2D eigenvalue weighted by Gasteiger charge is -2.25. The number of carbonyl (C=O) groups is 1. The normalized spacial score (nSPS) is 17.0. The number of anilines is 5. The number of nitrogens with zero attached hydrogens (tertiary/aromatic N) is 3. The first kappa shape index (κ1) is 26.8. The number of ether oxygens (including phenoxy) is 3. The molecule has 39 heavy (non-hydrogen) atoms. The maximum atomic E-state index is 12.5. The number of benzene rings is 2. The highest BCUT2D eigenvalue weighted by atomic mass is 35.5. The van der Waals surface area contributed by atoms with Crippen LogP contribution in [0, 0.1) is 0 Å². The number of halogens is 1. The van der Waals surface area contributed by atoms with Gasteiger partial charge >= 0.3 is 6.03 Å². The number of carbonyl (C=O) groups excluding carboxylic acids is 1. The summed E-state index contributed by atoms with van der Waals surface area (Å²) in [6.07, 6.45) is 3.51. The van der Waals surface area contributed by atoms with Gasteiger partial charge in [0.2, 0.25) is 5.95 Å². The van der Waals surface area contributed by atoms with Gasteiger partial charge in [-0.1, -0.05) is 17.7 Å². The molecule has 3 heterocycles. The van der Waals surface area contributed by atoms with E-state index in [0.29, 0.717) is 46.3 Å². The first-order valence-electron chi connectivity index (χ1n) is 12.8. The van der Waals surface area contributed by atoms with Gasteiger partial charge in [-0.05, 0) is 31.0 Å². The first-order valence-corrected chi connectivity index (χ1v) is 13.2. The van der Waals surface area contributed by atoms with Crippen molar-refractivity contribution >= 4 is 46.5 Å². The van der Waals surface area contributed by atoms with Crippen molar-refractivity contribution in [2.45, 2.75) is 18.9 Å². The summed E-state index contributed by atoms with van der Waals surface area (Å²) >= 11 is 6.41. The third-order valence-corrected chi connectivity index (χ3v) is 6.88. The number of likely N-dealkylation sites (tertiary alicyclic amines) is 1. The highest BCUT2D eigenvalue weighted by molar-refractivity contribution is 6.32. The largest absolute Gasteiger partial charge is 0.496 e. The number of morpholine rings is 1. The SMILES string of the molecule is COc1cc(NC(=O)N2CCCC2)ccc1Nc1ncc(Cl)c(Nc2ccc(C3CNCCO3)c(OC)c2)n1. The Hall–Kier alpha value is -3.80. The summed E-state index contributed by atoms with van der Waals surface area (Å²) in [7, 11) is 3.20. The molecular formula is C27H32ClN7O4. The molecule has 0 saturated carbocycles. The van der Waals surface area contributed by atoms with Crippen molar-refractivity contribution < 1.29 is 19.0 Å². The molecule has 1 unspecified atom stereocenters. The van der Waals surface area contributed by atoms with E-state index in [9.17, 15) is 4.79 Å². The van der Waals surface area contributed by atoms with E-state index >= 15 is 0 Å². The van der Waals surface area contributed by atoms with Crippen molar-refractivity contribution in [3.63, 3.8) is 0 Å². The minimum Gasteiger partial charge on any atom is -0.496 e. The van der Waals surface area contributed by atoms with Gasteiger partial charge in [-0.3, -0.25) is 0 Å². The third-order valence-electron chi connectivity index (χ3n) is 6.61. The molecular weight excluding hydrogens is 522 g/mol. The van der Waals surface area contributed by atoms with E-state index in [-0.39, 0.29) is 12.1 Å². The maximum absolute atomic E-state index is 12.5. The molecule has 1 atom stereocenters. The smallest absolute Gasteiger partial charge is 0.321 e. The van der Waals surface area contributed by atoms with Gasteiger partial charge in [0.05, 0.1) is 38.8 Å². The Kier molecular flexibility index (Phi) is 8.50. The number of methoxy groups -OCH3 is 2. The standard InChI is InChI=1S/C27H32ClN7O4/c1-37-22-13-17(5-7-19(22)24-16-29-9-12-39-24)31-25-20(28)15-30-26(34-25)33-21-8-6-18(14-23(21)38-2)32-27(36)35-10-3-4-11-35/h5-8,13-15,24,29H,3-4,9-12,16H2,1-2H3,(H,32,36)(H2,30,31,33,34). The number of amides is 2. The van der Waals surface area contributed by atoms with Crippen LogP contribution < -0.4 is 30.7 Å². The van der Waals surface area contributed by atoms with Crippen LogP contribution in [0.2, 0.25) is 5.02 Å². The molecule has 2 aliphatic rings. The fourth-order valence-corrected chi connectivity index (χ4v) is 4.73. The van der Waals surface area contributed by atoms with Gasteiger partial charge in [-0.15, -0.1) is 0 Å². The van der Waals surface area contributed by atoms with E-state index in [1.807, 2.05) is 18.2 Å². The van der Waals surface area contributed by atoms with E-state index in [4.69, 9.17) is 25.8 Å². The molecule has 1 aromatic heterocycles. The van der Waals surface area contributed by atoms with Gasteiger partial charge in [-0.25, -0.2) is 9.78 Å². The van der Waals surface area contributed by atoms with Crippen molar-refractivity contribution in [3.8, 4) is 11.5 Å². The van der Waals surface area contributed by atoms with Crippen molar-refractivity contribution in [2.75, 3.05) is 63.0 Å². The molecule has 0 radical (unpaired) electrons. The molecule has 0 aliphatic carbocycles. The lowest BCUT2D eigenvalue weighted by Crippen LogP contribution is -2.33.